The fourth-order valence-electron chi connectivity index (χ4n) is 3.14. The Kier molecular flexibility index (Phi) is 4.71. The Bertz CT molecular complexity index is 863. The minimum atomic E-state index is -0.606. The van der Waals surface area contributed by atoms with E-state index >= 15 is 0 Å². The summed E-state index contributed by atoms with van der Waals surface area (Å²) in [7, 11) is 0. The SMILES string of the molecule is Cc1ccccc1N1CCN(C(=O)c2ccc([N+](=O)[O-])cc2)[C@@H](C)C1=O. The second-order valence-electron chi connectivity index (χ2n) is 6.25. The number of anilines is 1. The van der Waals surface area contributed by atoms with E-state index in [1.165, 1.54) is 29.2 Å². The van der Waals surface area contributed by atoms with Crippen LogP contribution in [0.25, 0.3) is 0 Å². The number of amides is 2. The molecule has 0 aliphatic carbocycles. The lowest BCUT2D eigenvalue weighted by atomic mass is 10.1. The highest BCUT2D eigenvalue weighted by molar-refractivity contribution is 6.03. The first-order chi connectivity index (χ1) is 12.4. The van der Waals surface area contributed by atoms with Gasteiger partial charge >= 0.3 is 0 Å². The molecule has 0 aromatic heterocycles. The van der Waals surface area contributed by atoms with Crippen molar-refractivity contribution in [2.45, 2.75) is 19.9 Å². The molecule has 1 aliphatic heterocycles. The van der Waals surface area contributed by atoms with E-state index in [0.717, 1.165) is 11.3 Å². The zero-order valence-electron chi connectivity index (χ0n) is 14.6. The van der Waals surface area contributed by atoms with Crippen molar-refractivity contribution in [1.82, 2.24) is 4.90 Å². The minimum Gasteiger partial charge on any atom is -0.325 e. The summed E-state index contributed by atoms with van der Waals surface area (Å²) < 4.78 is 0. The zero-order chi connectivity index (χ0) is 18.8. The van der Waals surface area contributed by atoms with E-state index in [0.29, 0.717) is 18.7 Å². The van der Waals surface area contributed by atoms with E-state index in [2.05, 4.69) is 0 Å². The molecule has 1 fully saturated rings. The predicted molar refractivity (Wildman–Crippen MR) is 97.1 cm³/mol. The fourth-order valence-corrected chi connectivity index (χ4v) is 3.14. The Hall–Kier alpha value is -3.22. The summed E-state index contributed by atoms with van der Waals surface area (Å²) in [5.74, 6) is -0.439. The third kappa shape index (κ3) is 3.15. The van der Waals surface area contributed by atoms with Crippen molar-refractivity contribution in [3.05, 3.63) is 69.8 Å². The van der Waals surface area contributed by atoms with Gasteiger partial charge in [-0.1, -0.05) is 18.2 Å². The zero-order valence-corrected chi connectivity index (χ0v) is 14.6. The molecular weight excluding hydrogens is 334 g/mol. The summed E-state index contributed by atoms with van der Waals surface area (Å²) in [4.78, 5) is 39.0. The van der Waals surface area contributed by atoms with Gasteiger partial charge in [0.25, 0.3) is 11.6 Å². The molecule has 3 rings (SSSR count). The van der Waals surface area contributed by atoms with Gasteiger partial charge in [-0.3, -0.25) is 19.7 Å². The Morgan fingerprint density at radius 3 is 2.38 bits per heavy atom. The molecule has 0 unspecified atom stereocenters. The van der Waals surface area contributed by atoms with Crippen LogP contribution < -0.4 is 4.90 Å². The van der Waals surface area contributed by atoms with Crippen LogP contribution >= 0.6 is 0 Å². The highest BCUT2D eigenvalue weighted by atomic mass is 16.6. The summed E-state index contributed by atoms with van der Waals surface area (Å²) in [6.07, 6.45) is 0. The van der Waals surface area contributed by atoms with Crippen LogP contribution in [0.5, 0.6) is 0 Å². The van der Waals surface area contributed by atoms with Gasteiger partial charge in [-0.05, 0) is 37.6 Å². The van der Waals surface area contributed by atoms with Gasteiger partial charge in [0.05, 0.1) is 4.92 Å². The maximum Gasteiger partial charge on any atom is 0.269 e. The lowest BCUT2D eigenvalue weighted by Gasteiger charge is -2.39. The first kappa shape index (κ1) is 17.6. The summed E-state index contributed by atoms with van der Waals surface area (Å²) in [5.41, 5.74) is 2.12. The van der Waals surface area contributed by atoms with Crippen LogP contribution in [0.15, 0.2) is 48.5 Å². The standard InChI is InChI=1S/C19H19N3O4/c1-13-5-3-4-6-17(13)21-12-11-20(14(2)18(21)23)19(24)15-7-9-16(10-8-15)22(25)26/h3-10,14H,11-12H2,1-2H3/t14-/m0/s1. The number of rotatable bonds is 3. The second-order valence-corrected chi connectivity index (χ2v) is 6.25. The molecule has 2 aromatic carbocycles. The molecular formula is C19H19N3O4. The van der Waals surface area contributed by atoms with Gasteiger partial charge in [0, 0.05) is 36.5 Å². The summed E-state index contributed by atoms with van der Waals surface area (Å²) in [5, 5.41) is 10.7. The number of hydrogen-bond acceptors (Lipinski definition) is 4. The van der Waals surface area contributed by atoms with Crippen LogP contribution in [0.2, 0.25) is 0 Å². The van der Waals surface area contributed by atoms with E-state index in [9.17, 15) is 19.7 Å². The van der Waals surface area contributed by atoms with Crippen LogP contribution in [0, 0.1) is 17.0 Å². The van der Waals surface area contributed by atoms with E-state index in [-0.39, 0.29) is 17.5 Å². The van der Waals surface area contributed by atoms with E-state index < -0.39 is 11.0 Å². The number of hydrogen-bond donors (Lipinski definition) is 0. The topological polar surface area (TPSA) is 83.8 Å². The summed E-state index contributed by atoms with van der Waals surface area (Å²) in [6.45, 7) is 4.46. The number of nitro benzene ring substituents is 1. The van der Waals surface area contributed by atoms with Gasteiger partial charge < -0.3 is 9.80 Å². The second kappa shape index (κ2) is 6.95. The molecule has 2 amide bonds. The number of carbonyl (C=O) groups excluding carboxylic acids is 2. The molecule has 7 heteroatoms. The van der Waals surface area contributed by atoms with Crippen molar-refractivity contribution in [2.24, 2.45) is 0 Å². The van der Waals surface area contributed by atoms with Crippen LogP contribution in [-0.4, -0.2) is 40.8 Å². The first-order valence-corrected chi connectivity index (χ1v) is 8.32. The lowest BCUT2D eigenvalue weighted by molar-refractivity contribution is -0.384. The predicted octanol–water partition coefficient (Wildman–Crippen LogP) is 2.78. The molecule has 0 N–H and O–H groups in total. The molecule has 1 aliphatic rings. The molecule has 0 spiro atoms. The van der Waals surface area contributed by atoms with Crippen LogP contribution in [-0.2, 0) is 4.79 Å². The normalized spacial score (nSPS) is 17.3. The van der Waals surface area contributed by atoms with Crippen molar-refractivity contribution in [1.29, 1.82) is 0 Å². The maximum atomic E-state index is 12.8. The van der Waals surface area contributed by atoms with Crippen LogP contribution in [0.3, 0.4) is 0 Å². The van der Waals surface area contributed by atoms with E-state index in [1.807, 2.05) is 31.2 Å². The van der Waals surface area contributed by atoms with Crippen LogP contribution in [0.1, 0.15) is 22.8 Å². The third-order valence-corrected chi connectivity index (χ3v) is 4.65. The number of carbonyl (C=O) groups is 2. The van der Waals surface area contributed by atoms with Gasteiger partial charge in [-0.15, -0.1) is 0 Å². The highest BCUT2D eigenvalue weighted by Gasteiger charge is 2.35. The van der Waals surface area contributed by atoms with Gasteiger partial charge in [-0.2, -0.15) is 0 Å². The third-order valence-electron chi connectivity index (χ3n) is 4.65. The molecule has 0 radical (unpaired) electrons. The molecule has 1 heterocycles. The monoisotopic (exact) mass is 353 g/mol. The van der Waals surface area contributed by atoms with E-state index in [1.54, 1.807) is 11.8 Å². The molecule has 2 aromatic rings. The molecule has 7 nitrogen and oxygen atoms in total. The van der Waals surface area contributed by atoms with Crippen LogP contribution in [0.4, 0.5) is 11.4 Å². The van der Waals surface area contributed by atoms with Gasteiger partial charge in [-0.25, -0.2) is 0 Å². The largest absolute Gasteiger partial charge is 0.325 e. The van der Waals surface area contributed by atoms with Gasteiger partial charge in [0.1, 0.15) is 6.04 Å². The van der Waals surface area contributed by atoms with Crippen molar-refractivity contribution in [2.75, 3.05) is 18.0 Å². The fraction of sp³-hybridized carbons (Fsp3) is 0.263. The minimum absolute atomic E-state index is 0.0740. The number of nitrogens with zero attached hydrogens (tertiary/aromatic N) is 3. The summed E-state index contributed by atoms with van der Waals surface area (Å²) in [6, 6.07) is 12.5. The quantitative estimate of drug-likeness (QED) is 0.627. The Balaban J connectivity index is 1.79. The van der Waals surface area contributed by atoms with Gasteiger partial charge in [0.2, 0.25) is 5.91 Å². The summed E-state index contributed by atoms with van der Waals surface area (Å²) >= 11 is 0. The Morgan fingerprint density at radius 2 is 1.77 bits per heavy atom. The Morgan fingerprint density at radius 1 is 1.12 bits per heavy atom. The molecule has 0 bridgehead atoms. The molecule has 1 saturated heterocycles. The Labute approximate surface area is 151 Å². The number of nitro groups is 1. The molecule has 0 saturated carbocycles. The number of non-ortho nitro benzene ring substituents is 1. The number of piperazine rings is 1. The van der Waals surface area contributed by atoms with Crippen molar-refractivity contribution in [3.8, 4) is 0 Å². The maximum absolute atomic E-state index is 12.8. The van der Waals surface area contributed by atoms with Crippen molar-refractivity contribution < 1.29 is 14.5 Å². The molecule has 1 atom stereocenters. The van der Waals surface area contributed by atoms with Crippen molar-refractivity contribution >= 4 is 23.2 Å². The smallest absolute Gasteiger partial charge is 0.269 e. The number of para-hydroxylation sites is 1. The highest BCUT2D eigenvalue weighted by Crippen LogP contribution is 2.25. The van der Waals surface area contributed by atoms with Crippen molar-refractivity contribution in [3.63, 3.8) is 0 Å². The first-order valence-electron chi connectivity index (χ1n) is 8.32. The lowest BCUT2D eigenvalue weighted by Crippen LogP contribution is -2.57. The molecule has 26 heavy (non-hydrogen) atoms. The van der Waals surface area contributed by atoms with E-state index in [4.69, 9.17) is 0 Å². The molecule has 134 valence electrons. The average Bonchev–Trinajstić information content (AvgIpc) is 2.64. The average molecular weight is 353 g/mol. The number of aryl methyl sites for hydroxylation is 1. The number of benzene rings is 2. The van der Waals surface area contributed by atoms with Gasteiger partial charge in [0.15, 0.2) is 0 Å².